The van der Waals surface area contributed by atoms with Gasteiger partial charge < -0.3 is 5.73 Å². The third-order valence-electron chi connectivity index (χ3n) is 3.63. The number of hydrogen-bond acceptors (Lipinski definition) is 5. The SMILES string of the molecule is N#Cc1cncc(-c2cccc([C@@H]3CCCSC(N)=N3)c2)c1. The van der Waals surface area contributed by atoms with Crippen molar-refractivity contribution < 1.29 is 0 Å². The van der Waals surface area contributed by atoms with Crippen molar-refractivity contribution >= 4 is 16.9 Å². The van der Waals surface area contributed by atoms with Crippen LogP contribution in [0.3, 0.4) is 0 Å². The van der Waals surface area contributed by atoms with Gasteiger partial charge in [0.15, 0.2) is 5.17 Å². The van der Waals surface area contributed by atoms with E-state index in [1.54, 1.807) is 24.2 Å². The molecule has 1 aromatic carbocycles. The molecule has 1 aliphatic heterocycles. The van der Waals surface area contributed by atoms with Gasteiger partial charge in [-0.15, -0.1) is 0 Å². The predicted molar refractivity (Wildman–Crippen MR) is 90.4 cm³/mol. The Morgan fingerprint density at radius 2 is 2.14 bits per heavy atom. The van der Waals surface area contributed by atoms with E-state index in [0.717, 1.165) is 35.3 Å². The average molecular weight is 308 g/mol. The fourth-order valence-electron chi connectivity index (χ4n) is 2.53. The summed E-state index contributed by atoms with van der Waals surface area (Å²) in [7, 11) is 0. The minimum absolute atomic E-state index is 0.113. The molecule has 2 heterocycles. The van der Waals surface area contributed by atoms with E-state index in [1.807, 2.05) is 18.2 Å². The van der Waals surface area contributed by atoms with Crippen LogP contribution in [0.5, 0.6) is 0 Å². The molecule has 1 aromatic heterocycles. The Labute approximate surface area is 134 Å². The summed E-state index contributed by atoms with van der Waals surface area (Å²) in [6.07, 6.45) is 5.46. The highest BCUT2D eigenvalue weighted by Gasteiger charge is 2.15. The minimum atomic E-state index is 0.113. The molecule has 1 atom stereocenters. The second-order valence-electron chi connectivity index (χ2n) is 5.17. The topological polar surface area (TPSA) is 75.1 Å². The standard InChI is InChI=1S/C17H16N4S/c18-9-12-7-15(11-20-10-12)13-3-1-4-14(8-13)16-5-2-6-22-17(19)21-16/h1,3-4,7-8,10-11,16H,2,5-6H2,(H2,19,21)/t16-/m0/s1. The number of thioether (sulfide) groups is 1. The van der Waals surface area contributed by atoms with Gasteiger partial charge in [0.2, 0.25) is 0 Å². The maximum atomic E-state index is 9.00. The molecule has 0 spiro atoms. The summed E-state index contributed by atoms with van der Waals surface area (Å²) >= 11 is 1.62. The quantitative estimate of drug-likeness (QED) is 0.921. The Morgan fingerprint density at radius 1 is 1.23 bits per heavy atom. The third-order valence-corrected chi connectivity index (χ3v) is 4.52. The van der Waals surface area contributed by atoms with Crippen molar-refractivity contribution in [1.82, 2.24) is 4.98 Å². The first-order valence-corrected chi connectivity index (χ1v) is 8.16. The van der Waals surface area contributed by atoms with Gasteiger partial charge in [-0.2, -0.15) is 5.26 Å². The zero-order valence-electron chi connectivity index (χ0n) is 12.1. The second-order valence-corrected chi connectivity index (χ2v) is 6.29. The average Bonchev–Trinajstić information content (AvgIpc) is 2.79. The molecule has 0 unspecified atom stereocenters. The second kappa shape index (κ2) is 6.63. The summed E-state index contributed by atoms with van der Waals surface area (Å²) in [4.78, 5) is 8.73. The van der Waals surface area contributed by atoms with Crippen molar-refractivity contribution in [3.63, 3.8) is 0 Å². The molecule has 0 amide bonds. The predicted octanol–water partition coefficient (Wildman–Crippen LogP) is 3.50. The lowest BCUT2D eigenvalue weighted by atomic mass is 9.98. The largest absolute Gasteiger partial charge is 0.379 e. The Balaban J connectivity index is 1.95. The molecular weight excluding hydrogens is 292 g/mol. The van der Waals surface area contributed by atoms with Gasteiger partial charge >= 0.3 is 0 Å². The van der Waals surface area contributed by atoms with Gasteiger partial charge in [0.1, 0.15) is 6.07 Å². The van der Waals surface area contributed by atoms with Crippen molar-refractivity contribution in [3.05, 3.63) is 53.9 Å². The molecule has 0 saturated carbocycles. The fraction of sp³-hybridized carbons (Fsp3) is 0.235. The molecule has 0 aliphatic carbocycles. The Morgan fingerprint density at radius 3 is 3.00 bits per heavy atom. The molecule has 22 heavy (non-hydrogen) atoms. The van der Waals surface area contributed by atoms with E-state index in [9.17, 15) is 0 Å². The minimum Gasteiger partial charge on any atom is -0.379 e. The van der Waals surface area contributed by atoms with Crippen LogP contribution in [0.2, 0.25) is 0 Å². The normalized spacial score (nSPS) is 18.1. The van der Waals surface area contributed by atoms with E-state index in [1.165, 1.54) is 0 Å². The first-order valence-electron chi connectivity index (χ1n) is 7.18. The van der Waals surface area contributed by atoms with Crippen LogP contribution in [-0.2, 0) is 0 Å². The molecule has 4 nitrogen and oxygen atoms in total. The van der Waals surface area contributed by atoms with Crippen molar-refractivity contribution in [2.24, 2.45) is 10.7 Å². The highest BCUT2D eigenvalue weighted by molar-refractivity contribution is 8.13. The van der Waals surface area contributed by atoms with Gasteiger partial charge in [0, 0.05) is 23.7 Å². The number of aromatic nitrogens is 1. The number of nitrogens with two attached hydrogens (primary N) is 1. The summed E-state index contributed by atoms with van der Waals surface area (Å²) in [5.41, 5.74) is 9.63. The molecular formula is C17H16N4S. The number of amidine groups is 1. The van der Waals surface area contributed by atoms with Crippen molar-refractivity contribution in [3.8, 4) is 17.2 Å². The molecule has 0 fully saturated rings. The van der Waals surface area contributed by atoms with Crippen LogP contribution in [0.25, 0.3) is 11.1 Å². The number of aliphatic imine (C=N–C) groups is 1. The van der Waals surface area contributed by atoms with E-state index in [0.29, 0.717) is 10.7 Å². The van der Waals surface area contributed by atoms with Crippen molar-refractivity contribution in [1.29, 1.82) is 5.26 Å². The molecule has 1 aliphatic rings. The van der Waals surface area contributed by atoms with Crippen LogP contribution in [-0.4, -0.2) is 15.9 Å². The first-order chi connectivity index (χ1) is 10.8. The summed E-state index contributed by atoms with van der Waals surface area (Å²) < 4.78 is 0. The highest BCUT2D eigenvalue weighted by Crippen LogP contribution is 2.30. The van der Waals surface area contributed by atoms with Gasteiger partial charge in [0.25, 0.3) is 0 Å². The van der Waals surface area contributed by atoms with Gasteiger partial charge in [-0.1, -0.05) is 30.0 Å². The fourth-order valence-corrected chi connectivity index (χ4v) is 3.26. The lowest BCUT2D eigenvalue weighted by Gasteiger charge is -2.12. The monoisotopic (exact) mass is 308 g/mol. The van der Waals surface area contributed by atoms with Gasteiger partial charge in [-0.25, -0.2) is 0 Å². The number of nitrogens with zero attached hydrogens (tertiary/aromatic N) is 3. The van der Waals surface area contributed by atoms with E-state index >= 15 is 0 Å². The number of nitriles is 1. The van der Waals surface area contributed by atoms with Crippen LogP contribution in [0, 0.1) is 11.3 Å². The maximum Gasteiger partial charge on any atom is 0.154 e. The molecule has 5 heteroatoms. The van der Waals surface area contributed by atoms with Crippen LogP contribution in [0.4, 0.5) is 0 Å². The number of rotatable bonds is 2. The smallest absolute Gasteiger partial charge is 0.154 e. The van der Waals surface area contributed by atoms with Crippen molar-refractivity contribution in [2.75, 3.05) is 5.75 Å². The highest BCUT2D eigenvalue weighted by atomic mass is 32.2. The Hall–Kier alpha value is -2.32. The molecule has 0 bridgehead atoms. The zero-order chi connectivity index (χ0) is 15.4. The van der Waals surface area contributed by atoms with Gasteiger partial charge in [-0.3, -0.25) is 9.98 Å². The van der Waals surface area contributed by atoms with Gasteiger partial charge in [-0.05, 0) is 36.1 Å². The third kappa shape index (κ3) is 3.29. The lowest BCUT2D eigenvalue weighted by Crippen LogP contribution is -2.07. The summed E-state index contributed by atoms with van der Waals surface area (Å²) in [6.45, 7) is 0. The molecule has 2 N–H and O–H groups in total. The Bertz CT molecular complexity index is 748. The molecule has 0 radical (unpaired) electrons. The Kier molecular flexibility index (Phi) is 4.40. The summed E-state index contributed by atoms with van der Waals surface area (Å²) in [5, 5.41) is 9.67. The summed E-state index contributed by atoms with van der Waals surface area (Å²) in [6, 6.07) is 12.3. The number of pyridine rings is 1. The van der Waals surface area contributed by atoms with Crippen LogP contribution in [0.1, 0.15) is 30.0 Å². The van der Waals surface area contributed by atoms with Crippen LogP contribution in [0.15, 0.2) is 47.7 Å². The maximum absolute atomic E-state index is 9.00. The van der Waals surface area contributed by atoms with Gasteiger partial charge in [0.05, 0.1) is 11.6 Å². The lowest BCUT2D eigenvalue weighted by molar-refractivity contribution is 0.650. The van der Waals surface area contributed by atoms with Crippen LogP contribution < -0.4 is 5.73 Å². The molecule has 2 aromatic rings. The molecule has 0 saturated heterocycles. The summed E-state index contributed by atoms with van der Waals surface area (Å²) in [5.74, 6) is 1.03. The molecule has 110 valence electrons. The van der Waals surface area contributed by atoms with E-state index in [-0.39, 0.29) is 6.04 Å². The van der Waals surface area contributed by atoms with Crippen molar-refractivity contribution in [2.45, 2.75) is 18.9 Å². The number of hydrogen-bond donors (Lipinski definition) is 1. The zero-order valence-corrected chi connectivity index (χ0v) is 12.9. The van der Waals surface area contributed by atoms with E-state index in [4.69, 9.17) is 11.0 Å². The van der Waals surface area contributed by atoms with E-state index < -0.39 is 0 Å². The first kappa shape index (κ1) is 14.6. The van der Waals surface area contributed by atoms with E-state index in [2.05, 4.69) is 28.2 Å². The number of benzene rings is 1. The molecule has 3 rings (SSSR count). The van der Waals surface area contributed by atoms with Crippen LogP contribution >= 0.6 is 11.8 Å².